The van der Waals surface area contributed by atoms with Crippen LogP contribution in [0.2, 0.25) is 0 Å². The molecule has 1 heterocycles. The lowest BCUT2D eigenvalue weighted by atomic mass is 9.67. The summed E-state index contributed by atoms with van der Waals surface area (Å²) in [5.41, 5.74) is 7.72. The van der Waals surface area contributed by atoms with Crippen LogP contribution < -0.4 is 5.73 Å². The molecular formula is C17H30N2S. The molecule has 1 aromatic rings. The lowest BCUT2D eigenvalue weighted by Gasteiger charge is -2.39. The Hall–Kier alpha value is -0.410. The Bertz CT molecular complexity index is 417. The van der Waals surface area contributed by atoms with Gasteiger partial charge in [-0.1, -0.05) is 20.8 Å². The SMILES string of the molecule is Cc1nc(C(CN)C2CCC(C(C)(C)C)CC2)sc1C. The van der Waals surface area contributed by atoms with Crippen molar-refractivity contribution in [2.75, 3.05) is 6.54 Å². The molecule has 0 radical (unpaired) electrons. The highest BCUT2D eigenvalue weighted by Gasteiger charge is 2.33. The van der Waals surface area contributed by atoms with Crippen LogP contribution in [0.4, 0.5) is 0 Å². The van der Waals surface area contributed by atoms with E-state index >= 15 is 0 Å². The highest BCUT2D eigenvalue weighted by molar-refractivity contribution is 7.11. The van der Waals surface area contributed by atoms with Gasteiger partial charge in [0.05, 0.1) is 10.7 Å². The molecule has 20 heavy (non-hydrogen) atoms. The summed E-state index contributed by atoms with van der Waals surface area (Å²) >= 11 is 1.86. The third-order valence-electron chi connectivity index (χ3n) is 5.18. The minimum atomic E-state index is 0.456. The van der Waals surface area contributed by atoms with Crippen LogP contribution in [0.1, 0.15) is 68.0 Å². The first kappa shape index (κ1) is 16.0. The molecule has 0 aliphatic heterocycles. The third kappa shape index (κ3) is 3.43. The Morgan fingerprint density at radius 2 is 1.80 bits per heavy atom. The van der Waals surface area contributed by atoms with E-state index in [2.05, 4.69) is 34.6 Å². The zero-order valence-corrected chi connectivity index (χ0v) is 14.5. The van der Waals surface area contributed by atoms with E-state index in [0.717, 1.165) is 18.4 Å². The van der Waals surface area contributed by atoms with Gasteiger partial charge in [-0.05, 0) is 56.8 Å². The van der Waals surface area contributed by atoms with Gasteiger partial charge < -0.3 is 5.73 Å². The normalized spacial score (nSPS) is 25.7. The average Bonchev–Trinajstić information content (AvgIpc) is 2.70. The maximum Gasteiger partial charge on any atom is 0.0977 e. The fraction of sp³-hybridized carbons (Fsp3) is 0.824. The Morgan fingerprint density at radius 3 is 2.20 bits per heavy atom. The van der Waals surface area contributed by atoms with Gasteiger partial charge in [-0.2, -0.15) is 0 Å². The minimum absolute atomic E-state index is 0.456. The summed E-state index contributed by atoms with van der Waals surface area (Å²) in [6.07, 6.45) is 5.35. The zero-order chi connectivity index (χ0) is 14.9. The van der Waals surface area contributed by atoms with Gasteiger partial charge in [-0.15, -0.1) is 11.3 Å². The number of rotatable bonds is 3. The van der Waals surface area contributed by atoms with E-state index in [-0.39, 0.29) is 0 Å². The maximum atomic E-state index is 6.08. The number of aryl methyl sites for hydroxylation is 2. The lowest BCUT2D eigenvalue weighted by Crippen LogP contribution is -2.30. The van der Waals surface area contributed by atoms with Crippen LogP contribution in [0.15, 0.2) is 0 Å². The molecule has 114 valence electrons. The number of hydrogen-bond acceptors (Lipinski definition) is 3. The summed E-state index contributed by atoms with van der Waals surface area (Å²) in [7, 11) is 0. The van der Waals surface area contributed by atoms with Crippen molar-refractivity contribution < 1.29 is 0 Å². The van der Waals surface area contributed by atoms with Crippen molar-refractivity contribution in [3.8, 4) is 0 Å². The second-order valence-electron chi connectivity index (χ2n) is 7.51. The molecule has 2 N–H and O–H groups in total. The van der Waals surface area contributed by atoms with Crippen molar-refractivity contribution in [1.29, 1.82) is 0 Å². The first-order chi connectivity index (χ1) is 9.32. The van der Waals surface area contributed by atoms with Crippen LogP contribution in [0.5, 0.6) is 0 Å². The maximum absolute atomic E-state index is 6.08. The molecule has 2 rings (SSSR count). The monoisotopic (exact) mass is 294 g/mol. The number of hydrogen-bond donors (Lipinski definition) is 1. The number of nitrogens with zero attached hydrogens (tertiary/aromatic N) is 1. The van der Waals surface area contributed by atoms with Crippen LogP contribution in [-0.4, -0.2) is 11.5 Å². The van der Waals surface area contributed by atoms with E-state index < -0.39 is 0 Å². The van der Waals surface area contributed by atoms with E-state index in [9.17, 15) is 0 Å². The fourth-order valence-electron chi connectivity index (χ4n) is 3.54. The molecule has 1 unspecified atom stereocenters. The smallest absolute Gasteiger partial charge is 0.0977 e. The summed E-state index contributed by atoms with van der Waals surface area (Å²) in [6.45, 7) is 12.2. The van der Waals surface area contributed by atoms with Crippen molar-refractivity contribution in [2.24, 2.45) is 23.0 Å². The van der Waals surface area contributed by atoms with Crippen LogP contribution >= 0.6 is 11.3 Å². The molecule has 1 atom stereocenters. The molecule has 0 saturated heterocycles. The minimum Gasteiger partial charge on any atom is -0.330 e. The van der Waals surface area contributed by atoms with Gasteiger partial charge >= 0.3 is 0 Å². The van der Waals surface area contributed by atoms with E-state index in [1.54, 1.807) is 0 Å². The lowest BCUT2D eigenvalue weighted by molar-refractivity contribution is 0.140. The molecule has 0 bridgehead atoms. The molecule has 0 aromatic carbocycles. The summed E-state index contributed by atoms with van der Waals surface area (Å²) < 4.78 is 0. The van der Waals surface area contributed by atoms with Gasteiger partial charge in [-0.3, -0.25) is 0 Å². The summed E-state index contributed by atoms with van der Waals surface area (Å²) in [5.74, 6) is 2.09. The Balaban J connectivity index is 2.04. The standard InChI is InChI=1S/C17H30N2S/c1-11-12(2)20-16(19-11)15(10-18)13-6-8-14(9-7-13)17(3,4)5/h13-15H,6-10,18H2,1-5H3. The number of aromatic nitrogens is 1. The van der Waals surface area contributed by atoms with Gasteiger partial charge in [0, 0.05) is 17.3 Å². The van der Waals surface area contributed by atoms with Crippen LogP contribution in [0.3, 0.4) is 0 Å². The topological polar surface area (TPSA) is 38.9 Å². The zero-order valence-electron chi connectivity index (χ0n) is 13.7. The van der Waals surface area contributed by atoms with Crippen molar-refractivity contribution in [3.63, 3.8) is 0 Å². The van der Waals surface area contributed by atoms with Crippen molar-refractivity contribution >= 4 is 11.3 Å². The Kier molecular flexibility index (Phi) is 4.91. The molecule has 1 fully saturated rings. The van der Waals surface area contributed by atoms with E-state index in [4.69, 9.17) is 10.7 Å². The summed E-state index contributed by atoms with van der Waals surface area (Å²) in [6, 6.07) is 0. The summed E-state index contributed by atoms with van der Waals surface area (Å²) in [4.78, 5) is 6.11. The van der Waals surface area contributed by atoms with E-state index in [0.29, 0.717) is 11.3 Å². The molecule has 2 nitrogen and oxygen atoms in total. The molecule has 0 spiro atoms. The predicted octanol–water partition coefficient (Wildman–Crippen LogP) is 4.65. The van der Waals surface area contributed by atoms with Crippen LogP contribution in [0, 0.1) is 31.1 Å². The quantitative estimate of drug-likeness (QED) is 0.881. The third-order valence-corrected chi connectivity index (χ3v) is 6.39. The highest BCUT2D eigenvalue weighted by atomic mass is 32.1. The van der Waals surface area contributed by atoms with Gasteiger partial charge in [0.1, 0.15) is 0 Å². The number of thiazole rings is 1. The molecule has 1 saturated carbocycles. The molecule has 1 aliphatic rings. The second-order valence-corrected chi connectivity index (χ2v) is 8.75. The average molecular weight is 295 g/mol. The Labute approximate surface area is 128 Å². The van der Waals surface area contributed by atoms with Crippen molar-refractivity contribution in [2.45, 2.75) is 66.2 Å². The van der Waals surface area contributed by atoms with Crippen molar-refractivity contribution in [1.82, 2.24) is 4.98 Å². The molecule has 1 aliphatic carbocycles. The van der Waals surface area contributed by atoms with E-state index in [1.807, 2.05) is 11.3 Å². The van der Waals surface area contributed by atoms with Gasteiger partial charge in [0.2, 0.25) is 0 Å². The van der Waals surface area contributed by atoms with Crippen LogP contribution in [0.25, 0.3) is 0 Å². The fourth-order valence-corrected chi connectivity index (χ4v) is 4.67. The van der Waals surface area contributed by atoms with Crippen molar-refractivity contribution in [3.05, 3.63) is 15.6 Å². The van der Waals surface area contributed by atoms with Gasteiger partial charge in [-0.25, -0.2) is 4.98 Å². The molecular weight excluding hydrogens is 264 g/mol. The number of nitrogens with two attached hydrogens (primary N) is 1. The first-order valence-electron chi connectivity index (χ1n) is 7.97. The second kappa shape index (κ2) is 6.15. The van der Waals surface area contributed by atoms with E-state index in [1.165, 1.54) is 41.3 Å². The first-order valence-corrected chi connectivity index (χ1v) is 8.78. The molecule has 0 amide bonds. The molecule has 1 aromatic heterocycles. The Morgan fingerprint density at radius 1 is 1.20 bits per heavy atom. The van der Waals surface area contributed by atoms with Crippen LogP contribution in [-0.2, 0) is 0 Å². The highest BCUT2D eigenvalue weighted by Crippen LogP contribution is 2.44. The predicted molar refractivity (Wildman–Crippen MR) is 88.3 cm³/mol. The largest absolute Gasteiger partial charge is 0.330 e. The molecule has 3 heteroatoms. The summed E-state index contributed by atoms with van der Waals surface area (Å²) in [5, 5.41) is 1.28. The van der Waals surface area contributed by atoms with Gasteiger partial charge in [0.15, 0.2) is 0 Å². The van der Waals surface area contributed by atoms with Gasteiger partial charge in [0.25, 0.3) is 0 Å².